The maximum atomic E-state index is 13.2. The van der Waals surface area contributed by atoms with Crippen LogP contribution < -0.4 is 5.32 Å². The normalized spacial score (nSPS) is 15.3. The second kappa shape index (κ2) is 6.75. The number of nitrogens with one attached hydrogen (secondary N) is 1. The van der Waals surface area contributed by atoms with Crippen molar-refractivity contribution in [3.8, 4) is 0 Å². The van der Waals surface area contributed by atoms with Crippen LogP contribution in [-0.2, 0) is 4.79 Å². The summed E-state index contributed by atoms with van der Waals surface area (Å²) in [5.41, 5.74) is 3.14. The fourth-order valence-corrected chi connectivity index (χ4v) is 3.61. The molecule has 0 radical (unpaired) electrons. The van der Waals surface area contributed by atoms with Gasteiger partial charge in [0.05, 0.1) is 0 Å². The first kappa shape index (κ1) is 16.1. The summed E-state index contributed by atoms with van der Waals surface area (Å²) in [5, 5.41) is 2.70. The molecule has 0 spiro atoms. The Bertz CT molecular complexity index is 710. The molecule has 4 heteroatoms. The third-order valence-corrected chi connectivity index (χ3v) is 5.34. The molecule has 120 valence electrons. The summed E-state index contributed by atoms with van der Waals surface area (Å²) in [6, 6.07) is 12.8. The van der Waals surface area contributed by atoms with Crippen LogP contribution in [0.25, 0.3) is 0 Å². The highest BCUT2D eigenvalue weighted by molar-refractivity contribution is 8.00. The van der Waals surface area contributed by atoms with Crippen LogP contribution in [-0.4, -0.2) is 11.9 Å². The van der Waals surface area contributed by atoms with Gasteiger partial charge in [0.2, 0.25) is 5.91 Å². The SMILES string of the molecule is Cc1ccc(C)c(SC(C(=O)NC2CC2)c2ccc(F)cc2)c1. The third kappa shape index (κ3) is 4.14. The number of carbonyl (C=O) groups is 1. The van der Waals surface area contributed by atoms with E-state index in [9.17, 15) is 9.18 Å². The summed E-state index contributed by atoms with van der Waals surface area (Å²) in [6.07, 6.45) is 2.10. The maximum Gasteiger partial charge on any atom is 0.238 e. The Balaban J connectivity index is 1.88. The second-order valence-electron chi connectivity index (χ2n) is 6.10. The number of carbonyl (C=O) groups excluding carboxylic acids is 1. The summed E-state index contributed by atoms with van der Waals surface area (Å²) in [5.74, 6) is -0.281. The predicted molar refractivity (Wildman–Crippen MR) is 92.1 cm³/mol. The fourth-order valence-electron chi connectivity index (χ4n) is 2.38. The molecule has 1 saturated carbocycles. The Morgan fingerprint density at radius 1 is 1.17 bits per heavy atom. The average molecular weight is 329 g/mol. The molecule has 1 fully saturated rings. The molecule has 3 rings (SSSR count). The largest absolute Gasteiger partial charge is 0.352 e. The minimum atomic E-state index is -0.364. The smallest absolute Gasteiger partial charge is 0.238 e. The van der Waals surface area contributed by atoms with Gasteiger partial charge in [-0.15, -0.1) is 11.8 Å². The highest BCUT2D eigenvalue weighted by atomic mass is 32.2. The number of benzene rings is 2. The maximum absolute atomic E-state index is 13.2. The van der Waals surface area contributed by atoms with Gasteiger partial charge in [0.15, 0.2) is 0 Å². The van der Waals surface area contributed by atoms with Crippen LogP contribution >= 0.6 is 11.8 Å². The summed E-state index contributed by atoms with van der Waals surface area (Å²) < 4.78 is 13.2. The van der Waals surface area contributed by atoms with Crippen LogP contribution in [0.1, 0.15) is 34.8 Å². The van der Waals surface area contributed by atoms with Crippen molar-refractivity contribution in [1.29, 1.82) is 0 Å². The van der Waals surface area contributed by atoms with Crippen LogP contribution in [0.2, 0.25) is 0 Å². The molecule has 1 aliphatic rings. The van der Waals surface area contributed by atoms with Gasteiger partial charge in [-0.2, -0.15) is 0 Å². The molecule has 0 aromatic heterocycles. The second-order valence-corrected chi connectivity index (χ2v) is 7.25. The van der Waals surface area contributed by atoms with Crippen LogP contribution in [0.3, 0.4) is 0 Å². The zero-order chi connectivity index (χ0) is 16.4. The molecule has 0 saturated heterocycles. The monoisotopic (exact) mass is 329 g/mol. The molecule has 2 aromatic rings. The van der Waals surface area contributed by atoms with E-state index in [1.54, 1.807) is 12.1 Å². The Labute approximate surface area is 140 Å². The van der Waals surface area contributed by atoms with Crippen molar-refractivity contribution in [2.75, 3.05) is 0 Å². The van der Waals surface area contributed by atoms with Crippen molar-refractivity contribution < 1.29 is 9.18 Å². The standard InChI is InChI=1S/C19H20FNOS/c1-12-3-4-13(2)17(11-12)23-18(19(22)21-16-9-10-16)14-5-7-15(20)8-6-14/h3-8,11,16,18H,9-10H2,1-2H3,(H,21,22). The highest BCUT2D eigenvalue weighted by Gasteiger charge is 2.29. The average Bonchev–Trinajstić information content (AvgIpc) is 3.33. The van der Waals surface area contributed by atoms with E-state index in [4.69, 9.17) is 0 Å². The van der Waals surface area contributed by atoms with Crippen molar-refractivity contribution in [2.24, 2.45) is 0 Å². The zero-order valence-electron chi connectivity index (χ0n) is 13.3. The highest BCUT2D eigenvalue weighted by Crippen LogP contribution is 2.38. The first-order valence-corrected chi connectivity index (χ1v) is 8.70. The first-order valence-electron chi connectivity index (χ1n) is 7.82. The fraction of sp³-hybridized carbons (Fsp3) is 0.316. The summed E-state index contributed by atoms with van der Waals surface area (Å²) in [4.78, 5) is 13.7. The molecular formula is C19H20FNOS. The Kier molecular flexibility index (Phi) is 4.71. The lowest BCUT2D eigenvalue weighted by molar-refractivity contribution is -0.120. The van der Waals surface area contributed by atoms with E-state index >= 15 is 0 Å². The number of hydrogen-bond acceptors (Lipinski definition) is 2. The molecule has 23 heavy (non-hydrogen) atoms. The minimum absolute atomic E-state index is 0.00464. The summed E-state index contributed by atoms with van der Waals surface area (Å²) >= 11 is 1.53. The van der Waals surface area contributed by atoms with Crippen molar-refractivity contribution in [2.45, 2.75) is 42.9 Å². The Hall–Kier alpha value is -1.81. The molecule has 2 aromatic carbocycles. The molecule has 0 heterocycles. The van der Waals surface area contributed by atoms with E-state index < -0.39 is 0 Å². The number of rotatable bonds is 5. The van der Waals surface area contributed by atoms with Crippen molar-refractivity contribution >= 4 is 17.7 Å². The van der Waals surface area contributed by atoms with E-state index in [1.807, 2.05) is 13.8 Å². The van der Waals surface area contributed by atoms with E-state index in [0.717, 1.165) is 28.9 Å². The molecule has 0 bridgehead atoms. The van der Waals surface area contributed by atoms with Gasteiger partial charge in [0.25, 0.3) is 0 Å². The van der Waals surface area contributed by atoms with Crippen molar-refractivity contribution in [3.63, 3.8) is 0 Å². The van der Waals surface area contributed by atoms with Gasteiger partial charge >= 0.3 is 0 Å². The third-order valence-electron chi connectivity index (χ3n) is 3.92. The Morgan fingerprint density at radius 2 is 1.87 bits per heavy atom. The van der Waals surface area contributed by atoms with Crippen molar-refractivity contribution in [3.05, 3.63) is 65.0 Å². The quantitative estimate of drug-likeness (QED) is 0.815. The van der Waals surface area contributed by atoms with E-state index in [2.05, 4.69) is 23.5 Å². The van der Waals surface area contributed by atoms with Crippen LogP contribution in [0.5, 0.6) is 0 Å². The molecule has 0 aliphatic heterocycles. The lowest BCUT2D eigenvalue weighted by Crippen LogP contribution is -2.29. The number of aryl methyl sites for hydroxylation is 2. The van der Waals surface area contributed by atoms with E-state index in [0.29, 0.717) is 6.04 Å². The molecular weight excluding hydrogens is 309 g/mol. The summed E-state index contributed by atoms with van der Waals surface area (Å²) in [7, 11) is 0. The minimum Gasteiger partial charge on any atom is -0.352 e. The van der Waals surface area contributed by atoms with Crippen LogP contribution in [0.4, 0.5) is 4.39 Å². The van der Waals surface area contributed by atoms with Crippen LogP contribution in [0, 0.1) is 19.7 Å². The molecule has 1 aliphatic carbocycles. The lowest BCUT2D eigenvalue weighted by atomic mass is 10.1. The Morgan fingerprint density at radius 3 is 2.52 bits per heavy atom. The number of hydrogen-bond donors (Lipinski definition) is 1. The van der Waals surface area contributed by atoms with Gasteiger partial charge in [-0.1, -0.05) is 29.8 Å². The van der Waals surface area contributed by atoms with E-state index in [-0.39, 0.29) is 17.0 Å². The van der Waals surface area contributed by atoms with E-state index in [1.165, 1.54) is 29.5 Å². The van der Waals surface area contributed by atoms with Gasteiger partial charge < -0.3 is 5.32 Å². The zero-order valence-corrected chi connectivity index (χ0v) is 14.1. The number of thioether (sulfide) groups is 1. The summed E-state index contributed by atoms with van der Waals surface area (Å²) in [6.45, 7) is 4.09. The number of amides is 1. The molecule has 1 amide bonds. The molecule has 1 atom stereocenters. The topological polar surface area (TPSA) is 29.1 Å². The van der Waals surface area contributed by atoms with Gasteiger partial charge in [0.1, 0.15) is 11.1 Å². The van der Waals surface area contributed by atoms with Crippen LogP contribution in [0.15, 0.2) is 47.4 Å². The predicted octanol–water partition coefficient (Wildman–Crippen LogP) is 4.55. The molecule has 2 nitrogen and oxygen atoms in total. The van der Waals surface area contributed by atoms with Crippen molar-refractivity contribution in [1.82, 2.24) is 5.32 Å². The van der Waals surface area contributed by atoms with Gasteiger partial charge in [-0.3, -0.25) is 4.79 Å². The van der Waals surface area contributed by atoms with Gasteiger partial charge in [0, 0.05) is 10.9 Å². The lowest BCUT2D eigenvalue weighted by Gasteiger charge is -2.18. The van der Waals surface area contributed by atoms with Gasteiger partial charge in [-0.25, -0.2) is 4.39 Å². The van der Waals surface area contributed by atoms with Gasteiger partial charge in [-0.05, 0) is 56.0 Å². The number of halogens is 1. The molecule has 1 N–H and O–H groups in total. The molecule has 1 unspecified atom stereocenters. The first-order chi connectivity index (χ1) is 11.0.